The van der Waals surface area contributed by atoms with Crippen LogP contribution in [0.3, 0.4) is 0 Å². The number of H-pyrrole nitrogens is 1. The molecule has 0 amide bonds. The highest BCUT2D eigenvalue weighted by atomic mass is 79.9. The van der Waals surface area contributed by atoms with Crippen LogP contribution in [0.4, 0.5) is 0 Å². The number of hydrogen-bond acceptors (Lipinski definition) is 4. The minimum atomic E-state index is -0.407. The lowest BCUT2D eigenvalue weighted by Gasteiger charge is -1.97. The fourth-order valence-electron chi connectivity index (χ4n) is 0.928. The number of rotatable bonds is 3. The van der Waals surface area contributed by atoms with Gasteiger partial charge in [0.1, 0.15) is 5.69 Å². The number of carbonyl (C=O) groups excluding carboxylic acids is 1. The van der Waals surface area contributed by atoms with Crippen LogP contribution in [0, 0.1) is 0 Å². The van der Waals surface area contributed by atoms with Crippen molar-refractivity contribution in [2.24, 2.45) is 5.73 Å². The monoisotopic (exact) mass is 329 g/mol. The Kier molecular flexibility index (Phi) is 9.12. The maximum atomic E-state index is 11.0. The fourth-order valence-corrected chi connectivity index (χ4v) is 0.928. The first-order valence-corrected chi connectivity index (χ1v) is 3.60. The van der Waals surface area contributed by atoms with E-state index in [2.05, 4.69) is 14.7 Å². The minimum Gasteiger partial charge on any atom is -0.464 e. The number of imidazole rings is 1. The van der Waals surface area contributed by atoms with E-state index in [1.807, 2.05) is 0 Å². The number of halogens is 2. The number of hydrogen-bond donors (Lipinski definition) is 2. The average molecular weight is 331 g/mol. The van der Waals surface area contributed by atoms with E-state index in [4.69, 9.17) is 5.73 Å². The van der Waals surface area contributed by atoms with Crippen LogP contribution in [0.2, 0.25) is 0 Å². The third kappa shape index (κ3) is 3.77. The van der Waals surface area contributed by atoms with Crippen LogP contribution in [0.25, 0.3) is 0 Å². The summed E-state index contributed by atoms with van der Waals surface area (Å²) >= 11 is 0. The molecule has 0 spiro atoms. The predicted molar refractivity (Wildman–Crippen MR) is 63.3 cm³/mol. The number of nitrogens with one attached hydrogen (secondary N) is 1. The molecule has 7 heteroatoms. The molecular weight excluding hydrogens is 318 g/mol. The molecule has 1 rings (SSSR count). The van der Waals surface area contributed by atoms with E-state index in [0.717, 1.165) is 0 Å². The predicted octanol–water partition coefficient (Wildman–Crippen LogP) is 0.853. The van der Waals surface area contributed by atoms with Gasteiger partial charge in [-0.15, -0.1) is 34.0 Å². The molecule has 1 aromatic rings. The zero-order valence-electron chi connectivity index (χ0n) is 7.65. The second-order valence-corrected chi connectivity index (χ2v) is 2.25. The molecule has 0 aliphatic carbocycles. The molecule has 0 aromatic carbocycles. The van der Waals surface area contributed by atoms with E-state index in [1.54, 1.807) is 0 Å². The molecular formula is C7H13Br2N3O2. The van der Waals surface area contributed by atoms with Crippen LogP contribution >= 0.6 is 34.0 Å². The molecule has 0 atom stereocenters. The van der Waals surface area contributed by atoms with Gasteiger partial charge in [-0.05, 0) is 6.54 Å². The van der Waals surface area contributed by atoms with Crippen LogP contribution in [0.5, 0.6) is 0 Å². The number of aromatic amines is 1. The summed E-state index contributed by atoms with van der Waals surface area (Å²) in [5.74, 6) is -0.407. The third-order valence-electron chi connectivity index (χ3n) is 1.49. The van der Waals surface area contributed by atoms with Crippen LogP contribution in [-0.2, 0) is 11.2 Å². The highest BCUT2D eigenvalue weighted by Gasteiger charge is 2.12. The first kappa shape index (κ1) is 16.0. The molecule has 1 aromatic heterocycles. The zero-order valence-corrected chi connectivity index (χ0v) is 11.1. The normalized spacial score (nSPS) is 8.43. The number of ether oxygens (including phenoxy) is 1. The SMILES string of the molecule is Br.Br.COC(=O)c1[nH]cnc1CCN. The lowest BCUT2D eigenvalue weighted by atomic mass is 10.2. The third-order valence-corrected chi connectivity index (χ3v) is 1.49. The molecule has 14 heavy (non-hydrogen) atoms. The Morgan fingerprint density at radius 3 is 2.79 bits per heavy atom. The van der Waals surface area contributed by atoms with E-state index in [9.17, 15) is 4.79 Å². The summed E-state index contributed by atoms with van der Waals surface area (Å²) in [4.78, 5) is 17.7. The van der Waals surface area contributed by atoms with Crippen molar-refractivity contribution in [3.63, 3.8) is 0 Å². The van der Waals surface area contributed by atoms with Crippen molar-refractivity contribution in [1.82, 2.24) is 9.97 Å². The first-order chi connectivity index (χ1) is 5.79. The molecule has 0 aliphatic heterocycles. The maximum Gasteiger partial charge on any atom is 0.356 e. The Balaban J connectivity index is 0. The van der Waals surface area contributed by atoms with Gasteiger partial charge in [0.25, 0.3) is 0 Å². The van der Waals surface area contributed by atoms with E-state index in [-0.39, 0.29) is 34.0 Å². The second kappa shape index (κ2) is 7.95. The van der Waals surface area contributed by atoms with Gasteiger partial charge in [-0.25, -0.2) is 9.78 Å². The molecule has 3 N–H and O–H groups in total. The fraction of sp³-hybridized carbons (Fsp3) is 0.429. The molecule has 82 valence electrons. The Labute approximate surface area is 103 Å². The summed E-state index contributed by atoms with van der Waals surface area (Å²) in [5, 5.41) is 0. The van der Waals surface area contributed by atoms with Crippen LogP contribution < -0.4 is 5.73 Å². The van der Waals surface area contributed by atoms with Crippen molar-refractivity contribution in [1.29, 1.82) is 0 Å². The molecule has 0 fully saturated rings. The van der Waals surface area contributed by atoms with Gasteiger partial charge in [0, 0.05) is 6.42 Å². The van der Waals surface area contributed by atoms with Gasteiger partial charge in [0.05, 0.1) is 19.1 Å². The summed E-state index contributed by atoms with van der Waals surface area (Å²) in [7, 11) is 1.33. The van der Waals surface area contributed by atoms with Gasteiger partial charge in [0.2, 0.25) is 0 Å². The summed E-state index contributed by atoms with van der Waals surface area (Å²) in [6.07, 6.45) is 2.03. The zero-order chi connectivity index (χ0) is 8.97. The minimum absolute atomic E-state index is 0. The lowest BCUT2D eigenvalue weighted by Crippen LogP contribution is -2.09. The van der Waals surface area contributed by atoms with Crippen LogP contribution in [-0.4, -0.2) is 29.6 Å². The van der Waals surface area contributed by atoms with Gasteiger partial charge in [-0.2, -0.15) is 0 Å². The number of aromatic nitrogens is 2. The van der Waals surface area contributed by atoms with Crippen molar-refractivity contribution >= 4 is 39.9 Å². The molecule has 0 radical (unpaired) electrons. The molecule has 1 heterocycles. The summed E-state index contributed by atoms with van der Waals surface area (Å²) in [5.41, 5.74) is 6.37. The van der Waals surface area contributed by atoms with E-state index < -0.39 is 5.97 Å². The second-order valence-electron chi connectivity index (χ2n) is 2.25. The smallest absolute Gasteiger partial charge is 0.356 e. The summed E-state index contributed by atoms with van der Waals surface area (Å²) < 4.78 is 4.53. The summed E-state index contributed by atoms with van der Waals surface area (Å²) in [6.45, 7) is 0.467. The van der Waals surface area contributed by atoms with Crippen molar-refractivity contribution in [3.05, 3.63) is 17.7 Å². The van der Waals surface area contributed by atoms with E-state index >= 15 is 0 Å². The molecule has 0 aliphatic rings. The van der Waals surface area contributed by atoms with Gasteiger partial charge < -0.3 is 15.5 Å². The van der Waals surface area contributed by atoms with Crippen molar-refractivity contribution < 1.29 is 9.53 Å². The Morgan fingerprint density at radius 2 is 2.29 bits per heavy atom. The summed E-state index contributed by atoms with van der Waals surface area (Å²) in [6, 6.07) is 0. The Bertz CT molecular complexity index is 278. The van der Waals surface area contributed by atoms with E-state index in [1.165, 1.54) is 13.4 Å². The van der Waals surface area contributed by atoms with Gasteiger partial charge >= 0.3 is 5.97 Å². The average Bonchev–Trinajstić information content (AvgIpc) is 2.52. The molecule has 5 nitrogen and oxygen atoms in total. The largest absolute Gasteiger partial charge is 0.464 e. The van der Waals surface area contributed by atoms with Crippen molar-refractivity contribution in [2.75, 3.05) is 13.7 Å². The number of carbonyl (C=O) groups is 1. The first-order valence-electron chi connectivity index (χ1n) is 3.60. The molecule has 0 unspecified atom stereocenters. The van der Waals surface area contributed by atoms with Gasteiger partial charge in [-0.3, -0.25) is 0 Å². The van der Waals surface area contributed by atoms with Crippen molar-refractivity contribution in [3.8, 4) is 0 Å². The van der Waals surface area contributed by atoms with Crippen LogP contribution in [0.1, 0.15) is 16.2 Å². The topological polar surface area (TPSA) is 81.0 Å². The maximum absolute atomic E-state index is 11.0. The number of nitrogens with zero attached hydrogens (tertiary/aromatic N) is 1. The molecule has 0 saturated carbocycles. The van der Waals surface area contributed by atoms with Gasteiger partial charge in [-0.1, -0.05) is 0 Å². The van der Waals surface area contributed by atoms with E-state index in [0.29, 0.717) is 24.4 Å². The van der Waals surface area contributed by atoms with Gasteiger partial charge in [0.15, 0.2) is 0 Å². The quantitative estimate of drug-likeness (QED) is 0.805. The van der Waals surface area contributed by atoms with Crippen molar-refractivity contribution in [2.45, 2.75) is 6.42 Å². The highest BCUT2D eigenvalue weighted by molar-refractivity contribution is 8.93. The molecule has 0 bridgehead atoms. The Hall–Kier alpha value is -0.400. The standard InChI is InChI=1S/C7H11N3O2.2BrH/c1-12-7(11)6-5(2-3-8)9-4-10-6;;/h4H,2-3,8H2,1H3,(H,9,10);2*1H. The Morgan fingerprint density at radius 1 is 1.64 bits per heavy atom. The number of nitrogens with two attached hydrogens (primary N) is 1. The number of methoxy groups -OCH3 is 1. The lowest BCUT2D eigenvalue weighted by molar-refractivity contribution is 0.0593. The van der Waals surface area contributed by atoms with Crippen LogP contribution in [0.15, 0.2) is 6.33 Å². The highest BCUT2D eigenvalue weighted by Crippen LogP contribution is 2.03. The number of esters is 1. The molecule has 0 saturated heterocycles.